The number of alkyl halides is 1. The number of halogens is 2. The Morgan fingerprint density at radius 3 is 2.89 bits per heavy atom. The van der Waals surface area contributed by atoms with E-state index in [1.807, 2.05) is 0 Å². The van der Waals surface area contributed by atoms with E-state index in [2.05, 4.69) is 21.2 Å². The molecule has 27 heavy (non-hydrogen) atoms. The van der Waals surface area contributed by atoms with Gasteiger partial charge in [-0.05, 0) is 30.5 Å². The van der Waals surface area contributed by atoms with E-state index in [1.54, 1.807) is 18.2 Å². The van der Waals surface area contributed by atoms with Gasteiger partial charge >= 0.3 is 11.9 Å². The Balaban J connectivity index is 1.38. The summed E-state index contributed by atoms with van der Waals surface area (Å²) in [7, 11) is 1.47. The molecular weight excluding hydrogens is 442 g/mol. The Morgan fingerprint density at radius 2 is 2.15 bits per heavy atom. The minimum absolute atomic E-state index is 0.0139. The molecule has 1 saturated heterocycles. The van der Waals surface area contributed by atoms with Gasteiger partial charge in [0.15, 0.2) is 6.61 Å². The summed E-state index contributed by atoms with van der Waals surface area (Å²) in [5, 5.41) is 3.04. The van der Waals surface area contributed by atoms with Crippen molar-refractivity contribution in [2.24, 2.45) is 23.7 Å². The molecule has 1 aliphatic heterocycles. The predicted octanol–water partition coefficient (Wildman–Crippen LogP) is 2.40. The molecule has 1 N–H and O–H groups in total. The van der Waals surface area contributed by atoms with Crippen LogP contribution in [0, 0.1) is 23.7 Å². The molecule has 0 radical (unpaired) electrons. The molecule has 9 heteroatoms. The van der Waals surface area contributed by atoms with Crippen LogP contribution >= 0.6 is 27.5 Å². The van der Waals surface area contributed by atoms with Gasteiger partial charge in [-0.2, -0.15) is 0 Å². The largest absolute Gasteiger partial charge is 0.495 e. The number of carbonyl (C=O) groups excluding carboxylic acids is 3. The number of amides is 1. The highest BCUT2D eigenvalue weighted by atomic mass is 79.9. The lowest BCUT2D eigenvalue weighted by molar-refractivity contribution is -0.157. The monoisotopic (exact) mass is 457 g/mol. The summed E-state index contributed by atoms with van der Waals surface area (Å²) in [5.74, 6) is -1.96. The third kappa shape index (κ3) is 3.08. The van der Waals surface area contributed by atoms with Crippen molar-refractivity contribution in [3.05, 3.63) is 23.2 Å². The van der Waals surface area contributed by atoms with E-state index in [4.69, 9.17) is 25.8 Å². The fourth-order valence-electron chi connectivity index (χ4n) is 4.49. The third-order valence-corrected chi connectivity index (χ3v) is 7.01. The van der Waals surface area contributed by atoms with Crippen molar-refractivity contribution in [3.8, 4) is 5.75 Å². The van der Waals surface area contributed by atoms with Gasteiger partial charge in [-0.15, -0.1) is 0 Å². The zero-order valence-corrected chi connectivity index (χ0v) is 16.7. The molecule has 3 fully saturated rings. The van der Waals surface area contributed by atoms with Crippen molar-refractivity contribution in [1.29, 1.82) is 0 Å². The molecule has 7 nitrogen and oxygen atoms in total. The second-order valence-corrected chi connectivity index (χ2v) is 8.46. The van der Waals surface area contributed by atoms with Crippen molar-refractivity contribution < 1.29 is 28.6 Å². The lowest BCUT2D eigenvalue weighted by Gasteiger charge is -2.26. The molecule has 3 aliphatic rings. The van der Waals surface area contributed by atoms with Crippen molar-refractivity contribution in [3.63, 3.8) is 0 Å². The maximum absolute atomic E-state index is 12.6. The maximum Gasteiger partial charge on any atom is 0.310 e. The lowest BCUT2D eigenvalue weighted by Crippen LogP contribution is -2.39. The summed E-state index contributed by atoms with van der Waals surface area (Å²) >= 11 is 9.47. The zero-order chi connectivity index (χ0) is 19.3. The number of methoxy groups -OCH3 is 1. The molecule has 1 aromatic rings. The predicted molar refractivity (Wildman–Crippen MR) is 98.8 cm³/mol. The summed E-state index contributed by atoms with van der Waals surface area (Å²) in [6, 6.07) is 4.80. The first-order chi connectivity index (χ1) is 12.9. The van der Waals surface area contributed by atoms with Crippen LogP contribution in [-0.4, -0.2) is 42.5 Å². The van der Waals surface area contributed by atoms with Gasteiger partial charge in [0.05, 0.1) is 29.5 Å². The highest BCUT2D eigenvalue weighted by molar-refractivity contribution is 9.09. The van der Waals surface area contributed by atoms with Crippen molar-refractivity contribution in [2.75, 3.05) is 19.0 Å². The second kappa shape index (κ2) is 6.98. The van der Waals surface area contributed by atoms with Gasteiger partial charge in [-0.1, -0.05) is 27.5 Å². The average molecular weight is 459 g/mol. The fraction of sp³-hybridized carbons (Fsp3) is 0.500. The van der Waals surface area contributed by atoms with Crippen molar-refractivity contribution >= 4 is 51.1 Å². The van der Waals surface area contributed by atoms with Gasteiger partial charge < -0.3 is 19.5 Å². The summed E-state index contributed by atoms with van der Waals surface area (Å²) in [5.41, 5.74) is 0.383. The van der Waals surface area contributed by atoms with Gasteiger partial charge in [-0.25, -0.2) is 0 Å². The Labute approximate surface area is 168 Å². The van der Waals surface area contributed by atoms with E-state index in [-0.39, 0.29) is 28.7 Å². The molecule has 1 amide bonds. The number of anilines is 1. The quantitative estimate of drug-likeness (QED) is 0.538. The van der Waals surface area contributed by atoms with Gasteiger partial charge in [0.25, 0.3) is 5.91 Å². The molecular formula is C18H17BrClNO6. The highest BCUT2D eigenvalue weighted by Gasteiger charge is 2.68. The molecule has 1 heterocycles. The molecule has 6 unspecified atom stereocenters. The summed E-state index contributed by atoms with van der Waals surface area (Å²) in [6.45, 7) is -0.458. The minimum Gasteiger partial charge on any atom is -0.495 e. The standard InChI is InChI=1S/C18H17BrClNO6/c1-25-11-3-2-7(20)4-10(11)21-12(22)6-26-17(23)13-8-5-9-14(13)18(24)27-16(9)15(8)19/h2-4,8-9,13-16H,5-6H2,1H3,(H,21,22). The molecule has 4 rings (SSSR count). The van der Waals surface area contributed by atoms with E-state index in [1.165, 1.54) is 7.11 Å². The Bertz CT molecular complexity index is 817. The molecule has 2 aliphatic carbocycles. The Hall–Kier alpha value is -1.80. The normalized spacial score (nSPS) is 32.9. The SMILES string of the molecule is COc1ccc(Cl)cc1NC(=O)COC(=O)C1C2CC3C(OC(=O)C31)C2Br. The van der Waals surface area contributed by atoms with Gasteiger partial charge in [0.2, 0.25) is 0 Å². The first-order valence-corrected chi connectivity index (χ1v) is 9.84. The van der Waals surface area contributed by atoms with Crippen molar-refractivity contribution in [1.82, 2.24) is 0 Å². The first-order valence-electron chi connectivity index (χ1n) is 8.55. The van der Waals surface area contributed by atoms with Crippen LogP contribution in [0.5, 0.6) is 5.75 Å². The third-order valence-electron chi connectivity index (χ3n) is 5.58. The number of rotatable bonds is 5. The maximum atomic E-state index is 12.6. The van der Waals surface area contributed by atoms with E-state index < -0.39 is 30.3 Å². The minimum atomic E-state index is -0.570. The average Bonchev–Trinajstić information content (AvgIpc) is 3.24. The second-order valence-electron chi connectivity index (χ2n) is 6.96. The van der Waals surface area contributed by atoms with Crippen LogP contribution in [0.4, 0.5) is 5.69 Å². The van der Waals surface area contributed by atoms with Crippen molar-refractivity contribution in [2.45, 2.75) is 17.4 Å². The number of fused-ring (bicyclic) bond motifs is 1. The summed E-state index contributed by atoms with van der Waals surface area (Å²) in [6.07, 6.45) is 0.595. The number of ether oxygens (including phenoxy) is 3. The zero-order valence-electron chi connectivity index (χ0n) is 14.3. The molecule has 0 aromatic heterocycles. The number of hydrogen-bond acceptors (Lipinski definition) is 6. The number of hydrogen-bond donors (Lipinski definition) is 1. The highest BCUT2D eigenvalue weighted by Crippen LogP contribution is 2.60. The number of esters is 2. The van der Waals surface area contributed by atoms with Gasteiger partial charge in [0.1, 0.15) is 11.9 Å². The van der Waals surface area contributed by atoms with Crippen LogP contribution in [0.3, 0.4) is 0 Å². The van der Waals surface area contributed by atoms with E-state index in [0.29, 0.717) is 16.5 Å². The van der Waals surface area contributed by atoms with Crippen LogP contribution in [-0.2, 0) is 23.9 Å². The topological polar surface area (TPSA) is 90.9 Å². The first kappa shape index (κ1) is 18.6. The molecule has 6 atom stereocenters. The van der Waals surface area contributed by atoms with E-state index >= 15 is 0 Å². The lowest BCUT2D eigenvalue weighted by atomic mass is 9.80. The van der Waals surface area contributed by atoms with Gasteiger partial charge in [0, 0.05) is 10.9 Å². The molecule has 0 spiro atoms. The number of nitrogens with one attached hydrogen (secondary N) is 1. The van der Waals surface area contributed by atoms with Crippen LogP contribution in [0.25, 0.3) is 0 Å². The number of carbonyl (C=O) groups is 3. The van der Waals surface area contributed by atoms with E-state index in [0.717, 1.165) is 6.42 Å². The molecule has 2 saturated carbocycles. The Kier molecular flexibility index (Phi) is 4.80. The van der Waals surface area contributed by atoms with Crippen LogP contribution in [0.1, 0.15) is 6.42 Å². The molecule has 2 bridgehead atoms. The molecule has 1 aromatic carbocycles. The van der Waals surface area contributed by atoms with E-state index in [9.17, 15) is 14.4 Å². The fourth-order valence-corrected chi connectivity index (χ4v) is 5.71. The van der Waals surface area contributed by atoms with Crippen LogP contribution in [0.15, 0.2) is 18.2 Å². The molecule has 144 valence electrons. The summed E-state index contributed by atoms with van der Waals surface area (Å²) in [4.78, 5) is 36.8. The van der Waals surface area contributed by atoms with Crippen LogP contribution in [0.2, 0.25) is 5.02 Å². The smallest absolute Gasteiger partial charge is 0.310 e. The number of benzene rings is 1. The van der Waals surface area contributed by atoms with Gasteiger partial charge in [-0.3, -0.25) is 14.4 Å². The summed E-state index contributed by atoms with van der Waals surface area (Å²) < 4.78 is 15.7. The Morgan fingerprint density at radius 1 is 1.37 bits per heavy atom. The van der Waals surface area contributed by atoms with Crippen LogP contribution < -0.4 is 10.1 Å².